The Morgan fingerprint density at radius 2 is 1.80 bits per heavy atom. The Kier molecular flexibility index (Phi) is 4.63. The van der Waals surface area contributed by atoms with Crippen LogP contribution in [-0.4, -0.2) is 24.3 Å². The minimum Gasteiger partial charge on any atom is -0.391 e. The molecule has 0 amide bonds. The van der Waals surface area contributed by atoms with Crippen LogP contribution < -0.4 is 4.90 Å². The predicted octanol–water partition coefficient (Wildman–Crippen LogP) is 2.53. The first kappa shape index (κ1) is 12.1. The molecule has 2 heteroatoms. The van der Waals surface area contributed by atoms with Crippen molar-refractivity contribution in [1.29, 1.82) is 0 Å². The highest BCUT2D eigenvalue weighted by Gasteiger charge is 2.13. The second-order valence-electron chi connectivity index (χ2n) is 4.19. The van der Waals surface area contributed by atoms with Gasteiger partial charge < -0.3 is 10.0 Å². The smallest absolute Gasteiger partial charge is 0.0737 e. The van der Waals surface area contributed by atoms with E-state index in [4.69, 9.17) is 0 Å². The van der Waals surface area contributed by atoms with E-state index in [1.807, 2.05) is 32.0 Å². The van der Waals surface area contributed by atoms with Crippen LogP contribution in [0.25, 0.3) is 0 Å². The van der Waals surface area contributed by atoms with Crippen LogP contribution in [0.2, 0.25) is 0 Å². The topological polar surface area (TPSA) is 23.5 Å². The average Bonchev–Trinajstić information content (AvgIpc) is 2.26. The van der Waals surface area contributed by atoms with E-state index < -0.39 is 0 Å². The Morgan fingerprint density at radius 1 is 1.20 bits per heavy atom. The predicted molar refractivity (Wildman–Crippen MR) is 65.2 cm³/mol. The fraction of sp³-hybridized carbons (Fsp3) is 0.538. The molecular weight excluding hydrogens is 186 g/mol. The third-order valence-corrected chi connectivity index (χ3v) is 2.68. The number of para-hydroxylation sites is 1. The van der Waals surface area contributed by atoms with Gasteiger partial charge in [0.15, 0.2) is 0 Å². The number of hydrogen-bond donors (Lipinski definition) is 1. The fourth-order valence-electron chi connectivity index (χ4n) is 1.49. The summed E-state index contributed by atoms with van der Waals surface area (Å²) >= 11 is 0. The molecular formula is C13H21NO. The van der Waals surface area contributed by atoms with Crippen molar-refractivity contribution in [3.05, 3.63) is 30.3 Å². The Morgan fingerprint density at radius 3 is 2.27 bits per heavy atom. The summed E-state index contributed by atoms with van der Waals surface area (Å²) in [5.41, 5.74) is 1.18. The summed E-state index contributed by atoms with van der Waals surface area (Å²) in [5, 5.41) is 9.85. The van der Waals surface area contributed by atoms with Crippen molar-refractivity contribution < 1.29 is 5.11 Å². The van der Waals surface area contributed by atoms with Crippen molar-refractivity contribution in [3.8, 4) is 0 Å². The Bertz CT molecular complexity index is 271. The number of hydrogen-bond acceptors (Lipinski definition) is 2. The first-order valence-electron chi connectivity index (χ1n) is 5.63. The fourth-order valence-corrected chi connectivity index (χ4v) is 1.49. The van der Waals surface area contributed by atoms with Crippen molar-refractivity contribution in [3.63, 3.8) is 0 Å². The second kappa shape index (κ2) is 5.76. The molecule has 0 fully saturated rings. The van der Waals surface area contributed by atoms with Crippen molar-refractivity contribution in [1.82, 2.24) is 0 Å². The van der Waals surface area contributed by atoms with E-state index >= 15 is 0 Å². The molecule has 2 nitrogen and oxygen atoms in total. The molecule has 84 valence electrons. The normalized spacial score (nSPS) is 12.9. The van der Waals surface area contributed by atoms with E-state index in [1.165, 1.54) is 5.69 Å². The molecule has 0 bridgehead atoms. The van der Waals surface area contributed by atoms with Crippen molar-refractivity contribution in [2.24, 2.45) is 5.92 Å². The zero-order valence-electron chi connectivity index (χ0n) is 9.85. The monoisotopic (exact) mass is 207 g/mol. The maximum atomic E-state index is 9.85. The van der Waals surface area contributed by atoms with Gasteiger partial charge in [0.05, 0.1) is 6.10 Å². The molecule has 1 aromatic carbocycles. The van der Waals surface area contributed by atoms with Crippen LogP contribution in [0, 0.1) is 5.92 Å². The molecule has 0 saturated carbocycles. The van der Waals surface area contributed by atoms with E-state index in [-0.39, 0.29) is 6.10 Å². The van der Waals surface area contributed by atoms with Gasteiger partial charge in [-0.15, -0.1) is 0 Å². The molecule has 0 radical (unpaired) electrons. The number of rotatable bonds is 5. The van der Waals surface area contributed by atoms with Gasteiger partial charge in [0.2, 0.25) is 0 Å². The van der Waals surface area contributed by atoms with E-state index in [0.29, 0.717) is 12.5 Å². The van der Waals surface area contributed by atoms with Crippen molar-refractivity contribution in [2.75, 3.05) is 18.0 Å². The van der Waals surface area contributed by atoms with Gasteiger partial charge in [0.25, 0.3) is 0 Å². The third kappa shape index (κ3) is 3.56. The highest BCUT2D eigenvalue weighted by Crippen LogP contribution is 2.14. The highest BCUT2D eigenvalue weighted by molar-refractivity contribution is 5.45. The summed E-state index contributed by atoms with van der Waals surface area (Å²) in [7, 11) is 0. The first-order chi connectivity index (χ1) is 7.15. The largest absolute Gasteiger partial charge is 0.391 e. The lowest BCUT2D eigenvalue weighted by Crippen LogP contribution is -2.35. The SMILES string of the molecule is CCN(CC(O)C(C)C)c1ccccc1. The lowest BCUT2D eigenvalue weighted by Gasteiger charge is -2.27. The highest BCUT2D eigenvalue weighted by atomic mass is 16.3. The quantitative estimate of drug-likeness (QED) is 0.802. The molecule has 1 atom stereocenters. The van der Waals surface area contributed by atoms with Gasteiger partial charge in [-0.25, -0.2) is 0 Å². The average molecular weight is 207 g/mol. The van der Waals surface area contributed by atoms with Crippen LogP contribution in [0.1, 0.15) is 20.8 Å². The maximum absolute atomic E-state index is 9.85. The number of likely N-dealkylation sites (N-methyl/N-ethyl adjacent to an activating group) is 1. The van der Waals surface area contributed by atoms with Crippen LogP contribution in [0.5, 0.6) is 0 Å². The first-order valence-corrected chi connectivity index (χ1v) is 5.63. The summed E-state index contributed by atoms with van der Waals surface area (Å²) in [6, 6.07) is 10.2. The third-order valence-electron chi connectivity index (χ3n) is 2.68. The molecule has 1 aromatic rings. The standard InChI is InChI=1S/C13H21NO/c1-4-14(10-13(15)11(2)3)12-8-6-5-7-9-12/h5-9,11,13,15H,4,10H2,1-3H3. The molecule has 0 saturated heterocycles. The molecule has 1 rings (SSSR count). The van der Waals surface area contributed by atoms with Gasteiger partial charge >= 0.3 is 0 Å². The maximum Gasteiger partial charge on any atom is 0.0737 e. The van der Waals surface area contributed by atoms with Crippen LogP contribution in [-0.2, 0) is 0 Å². The van der Waals surface area contributed by atoms with Gasteiger partial charge in [-0.1, -0.05) is 32.0 Å². The summed E-state index contributed by atoms with van der Waals surface area (Å²) in [6.45, 7) is 7.83. The number of anilines is 1. The Balaban J connectivity index is 2.65. The molecule has 1 unspecified atom stereocenters. The van der Waals surface area contributed by atoms with Gasteiger partial charge in [0, 0.05) is 18.8 Å². The number of aliphatic hydroxyl groups is 1. The van der Waals surface area contributed by atoms with E-state index in [1.54, 1.807) is 0 Å². The second-order valence-corrected chi connectivity index (χ2v) is 4.19. The lowest BCUT2D eigenvalue weighted by molar-refractivity contribution is 0.131. The van der Waals surface area contributed by atoms with Crippen LogP contribution in [0.4, 0.5) is 5.69 Å². The van der Waals surface area contributed by atoms with E-state index in [2.05, 4.69) is 24.0 Å². The molecule has 0 aliphatic heterocycles. The van der Waals surface area contributed by atoms with Gasteiger partial charge in [-0.2, -0.15) is 0 Å². The summed E-state index contributed by atoms with van der Waals surface area (Å²) in [6.07, 6.45) is -0.259. The Hall–Kier alpha value is -1.02. The Labute approximate surface area is 92.5 Å². The summed E-state index contributed by atoms with van der Waals surface area (Å²) in [4.78, 5) is 2.20. The molecule has 0 heterocycles. The number of benzene rings is 1. The van der Waals surface area contributed by atoms with Crippen LogP contribution in [0.15, 0.2) is 30.3 Å². The van der Waals surface area contributed by atoms with Gasteiger partial charge in [-0.05, 0) is 25.0 Å². The molecule has 0 aliphatic rings. The number of nitrogens with zero attached hydrogens (tertiary/aromatic N) is 1. The van der Waals surface area contributed by atoms with Crippen LogP contribution in [0.3, 0.4) is 0 Å². The zero-order chi connectivity index (χ0) is 11.3. The van der Waals surface area contributed by atoms with E-state index in [0.717, 1.165) is 6.54 Å². The van der Waals surface area contributed by atoms with Crippen molar-refractivity contribution >= 4 is 5.69 Å². The molecule has 1 N–H and O–H groups in total. The minimum absolute atomic E-state index is 0.259. The van der Waals surface area contributed by atoms with Gasteiger partial charge in [-0.3, -0.25) is 0 Å². The number of aliphatic hydroxyl groups excluding tert-OH is 1. The minimum atomic E-state index is -0.259. The summed E-state index contributed by atoms with van der Waals surface area (Å²) < 4.78 is 0. The summed E-state index contributed by atoms with van der Waals surface area (Å²) in [5.74, 6) is 0.308. The molecule has 0 spiro atoms. The van der Waals surface area contributed by atoms with E-state index in [9.17, 15) is 5.11 Å². The molecule has 0 aromatic heterocycles. The lowest BCUT2D eigenvalue weighted by atomic mass is 10.1. The van der Waals surface area contributed by atoms with Gasteiger partial charge in [0.1, 0.15) is 0 Å². The zero-order valence-corrected chi connectivity index (χ0v) is 9.85. The molecule has 15 heavy (non-hydrogen) atoms. The van der Waals surface area contributed by atoms with Crippen molar-refractivity contribution in [2.45, 2.75) is 26.9 Å². The molecule has 0 aliphatic carbocycles. The van der Waals surface area contributed by atoms with Crippen LogP contribution >= 0.6 is 0 Å².